The minimum Gasteiger partial charge on any atom is -0.394 e. The summed E-state index contributed by atoms with van der Waals surface area (Å²) < 4.78 is 0. The molecule has 0 aromatic carbocycles. The molecule has 0 spiro atoms. The molecule has 1 unspecified atom stereocenters. The van der Waals surface area contributed by atoms with Crippen LogP contribution in [0.5, 0.6) is 0 Å². The Balaban J connectivity index is 1.67. The second-order valence-corrected chi connectivity index (χ2v) is 7.63. The molecule has 4 rings (SSSR count). The molecule has 1 amide bonds. The lowest BCUT2D eigenvalue weighted by atomic mass is 9.49. The highest BCUT2D eigenvalue weighted by atomic mass is 16.3. The molecule has 4 fully saturated rings. The van der Waals surface area contributed by atoms with E-state index in [-0.39, 0.29) is 18.6 Å². The van der Waals surface area contributed by atoms with Gasteiger partial charge in [0.25, 0.3) is 0 Å². The third-order valence-corrected chi connectivity index (χ3v) is 6.01. The number of amides is 1. The average molecular weight is 265 g/mol. The molecule has 3 heteroatoms. The van der Waals surface area contributed by atoms with Crippen LogP contribution in [0.3, 0.4) is 0 Å². The normalized spacial score (nSPS) is 41.3. The van der Waals surface area contributed by atoms with Crippen LogP contribution in [0.2, 0.25) is 0 Å². The van der Waals surface area contributed by atoms with Crippen molar-refractivity contribution in [3.05, 3.63) is 0 Å². The quantitative estimate of drug-likeness (QED) is 0.848. The monoisotopic (exact) mass is 265 g/mol. The molecular formula is C16H27NO2. The number of carbonyl (C=O) groups is 1. The first kappa shape index (κ1) is 13.4. The van der Waals surface area contributed by atoms with Crippen LogP contribution < -0.4 is 0 Å². The van der Waals surface area contributed by atoms with Crippen LogP contribution in [0.25, 0.3) is 0 Å². The first-order valence-corrected chi connectivity index (χ1v) is 7.88. The van der Waals surface area contributed by atoms with Crippen LogP contribution in [-0.2, 0) is 4.79 Å². The zero-order chi connectivity index (χ0) is 13.6. The van der Waals surface area contributed by atoms with Crippen molar-refractivity contribution in [2.75, 3.05) is 13.7 Å². The van der Waals surface area contributed by atoms with Crippen molar-refractivity contribution in [2.45, 2.75) is 57.9 Å². The van der Waals surface area contributed by atoms with Gasteiger partial charge in [0.15, 0.2) is 0 Å². The smallest absolute Gasteiger partial charge is 0.223 e. The van der Waals surface area contributed by atoms with Gasteiger partial charge < -0.3 is 10.0 Å². The number of rotatable bonds is 4. The van der Waals surface area contributed by atoms with Gasteiger partial charge in [-0.15, -0.1) is 0 Å². The summed E-state index contributed by atoms with van der Waals surface area (Å²) in [5, 5.41) is 9.19. The maximum absolute atomic E-state index is 12.4. The van der Waals surface area contributed by atoms with Crippen LogP contribution in [0, 0.1) is 23.2 Å². The SMILES string of the molecule is CC(CO)N(C)C(=O)CC12CC3CC(CC(C3)C1)C2. The van der Waals surface area contributed by atoms with E-state index in [2.05, 4.69) is 0 Å². The Morgan fingerprint density at radius 3 is 2.11 bits per heavy atom. The summed E-state index contributed by atoms with van der Waals surface area (Å²) in [5.74, 6) is 2.95. The molecule has 0 radical (unpaired) electrons. The van der Waals surface area contributed by atoms with Gasteiger partial charge in [-0.05, 0) is 68.6 Å². The molecule has 4 saturated carbocycles. The minimum absolute atomic E-state index is 0.0542. The molecule has 4 bridgehead atoms. The van der Waals surface area contributed by atoms with E-state index in [9.17, 15) is 9.90 Å². The van der Waals surface area contributed by atoms with Gasteiger partial charge >= 0.3 is 0 Å². The lowest BCUT2D eigenvalue weighted by molar-refractivity contribution is -0.140. The zero-order valence-electron chi connectivity index (χ0n) is 12.3. The van der Waals surface area contributed by atoms with E-state index in [0.717, 1.165) is 24.2 Å². The van der Waals surface area contributed by atoms with Gasteiger partial charge in [-0.1, -0.05) is 0 Å². The predicted molar refractivity (Wildman–Crippen MR) is 74.5 cm³/mol. The fraction of sp³-hybridized carbons (Fsp3) is 0.938. The number of hydrogen-bond donors (Lipinski definition) is 1. The van der Waals surface area contributed by atoms with Gasteiger partial charge in [-0.25, -0.2) is 0 Å². The predicted octanol–water partition coefficient (Wildman–Crippen LogP) is 2.43. The molecular weight excluding hydrogens is 238 g/mol. The van der Waals surface area contributed by atoms with Crippen LogP contribution in [0.15, 0.2) is 0 Å². The molecule has 0 saturated heterocycles. The average Bonchev–Trinajstić information content (AvgIpc) is 2.34. The first-order chi connectivity index (χ1) is 9.01. The maximum Gasteiger partial charge on any atom is 0.223 e. The number of carbonyl (C=O) groups excluding carboxylic acids is 1. The van der Waals surface area contributed by atoms with E-state index < -0.39 is 0 Å². The van der Waals surface area contributed by atoms with E-state index in [1.54, 1.807) is 4.90 Å². The largest absolute Gasteiger partial charge is 0.394 e. The number of hydrogen-bond acceptors (Lipinski definition) is 2. The fourth-order valence-electron chi connectivity index (χ4n) is 5.32. The van der Waals surface area contributed by atoms with Crippen molar-refractivity contribution in [2.24, 2.45) is 23.2 Å². The standard InChI is InChI=1S/C16H27NO2/c1-11(10-18)17(2)15(19)9-16-6-12-3-13(7-16)5-14(4-12)8-16/h11-14,18H,3-10H2,1-2H3. The van der Waals surface area contributed by atoms with Gasteiger partial charge in [0, 0.05) is 13.5 Å². The second-order valence-electron chi connectivity index (χ2n) is 7.63. The molecule has 0 heterocycles. The summed E-state index contributed by atoms with van der Waals surface area (Å²) >= 11 is 0. The first-order valence-electron chi connectivity index (χ1n) is 7.88. The van der Waals surface area contributed by atoms with Crippen molar-refractivity contribution in [1.29, 1.82) is 0 Å². The highest BCUT2D eigenvalue weighted by Crippen LogP contribution is 2.61. The van der Waals surface area contributed by atoms with Gasteiger partial charge in [0.05, 0.1) is 12.6 Å². The molecule has 4 aliphatic carbocycles. The minimum atomic E-state index is -0.0542. The van der Waals surface area contributed by atoms with Crippen LogP contribution in [0.1, 0.15) is 51.9 Å². The summed E-state index contributed by atoms with van der Waals surface area (Å²) in [6, 6.07) is -0.0542. The highest BCUT2D eigenvalue weighted by Gasteiger charge is 2.51. The molecule has 19 heavy (non-hydrogen) atoms. The number of aliphatic hydroxyl groups excluding tert-OH is 1. The topological polar surface area (TPSA) is 40.5 Å². The number of likely N-dealkylation sites (N-methyl/N-ethyl adjacent to an activating group) is 1. The number of nitrogens with zero attached hydrogens (tertiary/aromatic N) is 1. The molecule has 4 aliphatic rings. The van der Waals surface area contributed by atoms with Crippen LogP contribution in [0.4, 0.5) is 0 Å². The highest BCUT2D eigenvalue weighted by molar-refractivity contribution is 5.77. The van der Waals surface area contributed by atoms with Gasteiger partial charge in [-0.3, -0.25) is 4.79 Å². The van der Waals surface area contributed by atoms with Gasteiger partial charge in [0.1, 0.15) is 0 Å². The van der Waals surface area contributed by atoms with Gasteiger partial charge in [-0.2, -0.15) is 0 Å². The van der Waals surface area contributed by atoms with Crippen molar-refractivity contribution in [3.63, 3.8) is 0 Å². The Hall–Kier alpha value is -0.570. The Labute approximate surface area is 116 Å². The van der Waals surface area contributed by atoms with E-state index in [4.69, 9.17) is 0 Å². The summed E-state index contributed by atoms with van der Waals surface area (Å²) in [6.45, 7) is 1.97. The second kappa shape index (κ2) is 4.76. The third-order valence-electron chi connectivity index (χ3n) is 6.01. The molecule has 0 aliphatic heterocycles. The van der Waals surface area contributed by atoms with Crippen molar-refractivity contribution >= 4 is 5.91 Å². The Morgan fingerprint density at radius 2 is 1.68 bits per heavy atom. The molecule has 3 nitrogen and oxygen atoms in total. The summed E-state index contributed by atoms with van der Waals surface area (Å²) in [7, 11) is 1.84. The Kier molecular flexibility index (Phi) is 3.36. The fourth-order valence-corrected chi connectivity index (χ4v) is 5.32. The van der Waals surface area contributed by atoms with Crippen LogP contribution in [-0.4, -0.2) is 35.6 Å². The van der Waals surface area contributed by atoms with Gasteiger partial charge in [0.2, 0.25) is 5.91 Å². The molecule has 0 aromatic heterocycles. The summed E-state index contributed by atoms with van der Waals surface area (Å²) in [6.07, 6.45) is 8.85. The van der Waals surface area contributed by atoms with E-state index in [0.29, 0.717) is 5.41 Å². The lowest BCUT2D eigenvalue weighted by Gasteiger charge is -2.57. The molecule has 1 atom stereocenters. The van der Waals surface area contributed by atoms with Crippen molar-refractivity contribution in [1.82, 2.24) is 4.90 Å². The van der Waals surface area contributed by atoms with E-state index >= 15 is 0 Å². The van der Waals surface area contributed by atoms with Crippen molar-refractivity contribution in [3.8, 4) is 0 Å². The Morgan fingerprint density at radius 1 is 1.21 bits per heavy atom. The molecule has 108 valence electrons. The van der Waals surface area contributed by atoms with Crippen LogP contribution >= 0.6 is 0 Å². The van der Waals surface area contributed by atoms with E-state index in [1.807, 2.05) is 14.0 Å². The summed E-state index contributed by atoms with van der Waals surface area (Å²) in [5.41, 5.74) is 0.315. The summed E-state index contributed by atoms with van der Waals surface area (Å²) in [4.78, 5) is 14.2. The zero-order valence-corrected chi connectivity index (χ0v) is 12.3. The lowest BCUT2D eigenvalue weighted by Crippen LogP contribution is -2.49. The Bertz CT molecular complexity index is 330. The van der Waals surface area contributed by atoms with Crippen molar-refractivity contribution < 1.29 is 9.90 Å². The molecule has 1 N–H and O–H groups in total. The third kappa shape index (κ3) is 2.42. The molecule has 0 aromatic rings. The number of aliphatic hydroxyl groups is 1. The maximum atomic E-state index is 12.4. The van der Waals surface area contributed by atoms with E-state index in [1.165, 1.54) is 38.5 Å².